The van der Waals surface area contributed by atoms with Crippen molar-refractivity contribution in [2.24, 2.45) is 0 Å². The van der Waals surface area contributed by atoms with Crippen LogP contribution >= 0.6 is 0 Å². The number of aromatic nitrogens is 1. The second-order valence-electron chi connectivity index (χ2n) is 4.77. The van der Waals surface area contributed by atoms with Crippen molar-refractivity contribution in [1.82, 2.24) is 4.98 Å². The molecule has 2 aromatic rings. The van der Waals surface area contributed by atoms with E-state index in [4.69, 9.17) is 15.2 Å². The van der Waals surface area contributed by atoms with E-state index in [2.05, 4.69) is 4.98 Å². The van der Waals surface area contributed by atoms with Gasteiger partial charge in [-0.25, -0.2) is 0 Å². The van der Waals surface area contributed by atoms with E-state index in [-0.39, 0.29) is 0 Å². The van der Waals surface area contributed by atoms with E-state index in [0.29, 0.717) is 13.2 Å². The first kappa shape index (κ1) is 14.3. The highest BCUT2D eigenvalue weighted by atomic mass is 16.5. The van der Waals surface area contributed by atoms with Crippen LogP contribution in [-0.2, 0) is 18.0 Å². The average molecular weight is 272 g/mol. The minimum absolute atomic E-state index is 0.452. The first-order valence-electron chi connectivity index (χ1n) is 6.53. The molecule has 1 aromatic carbocycles. The van der Waals surface area contributed by atoms with Crippen LogP contribution in [0.4, 0.5) is 5.69 Å². The highest BCUT2D eigenvalue weighted by Gasteiger charge is 2.06. The van der Waals surface area contributed by atoms with Crippen LogP contribution in [0.5, 0.6) is 5.75 Å². The first-order chi connectivity index (χ1) is 9.61. The van der Waals surface area contributed by atoms with Crippen LogP contribution in [0.25, 0.3) is 0 Å². The fourth-order valence-electron chi connectivity index (χ4n) is 1.97. The predicted molar refractivity (Wildman–Crippen MR) is 79.6 cm³/mol. The van der Waals surface area contributed by atoms with Crippen molar-refractivity contribution < 1.29 is 9.47 Å². The number of hydrogen-bond donors (Lipinski definition) is 1. The molecule has 0 amide bonds. The molecule has 0 aliphatic rings. The molecule has 4 heteroatoms. The number of methoxy groups -OCH3 is 1. The molecule has 0 aliphatic carbocycles. The van der Waals surface area contributed by atoms with Crippen molar-refractivity contribution in [2.45, 2.75) is 27.1 Å². The zero-order chi connectivity index (χ0) is 14.5. The molecule has 0 radical (unpaired) electrons. The standard InChI is InChI=1S/C16H20N2O2/c1-11-8-18-15(12(2)16(11)17)10-20-9-13-5-4-6-14(7-13)19-3/h4-8H,9-10H2,1-3H3,(H2,17,18). The van der Waals surface area contributed by atoms with Crippen LogP contribution in [0, 0.1) is 13.8 Å². The molecule has 20 heavy (non-hydrogen) atoms. The van der Waals surface area contributed by atoms with Gasteiger partial charge in [-0.3, -0.25) is 4.98 Å². The number of aryl methyl sites for hydroxylation is 1. The second-order valence-corrected chi connectivity index (χ2v) is 4.77. The quantitative estimate of drug-likeness (QED) is 0.909. The SMILES string of the molecule is COc1cccc(COCc2ncc(C)c(N)c2C)c1. The molecule has 0 saturated carbocycles. The lowest BCUT2D eigenvalue weighted by Gasteiger charge is -2.10. The van der Waals surface area contributed by atoms with E-state index in [1.165, 1.54) is 0 Å². The fraction of sp³-hybridized carbons (Fsp3) is 0.312. The van der Waals surface area contributed by atoms with Gasteiger partial charge in [-0.15, -0.1) is 0 Å². The van der Waals surface area contributed by atoms with E-state index in [9.17, 15) is 0 Å². The largest absolute Gasteiger partial charge is 0.497 e. The Morgan fingerprint density at radius 1 is 1.20 bits per heavy atom. The zero-order valence-corrected chi connectivity index (χ0v) is 12.1. The van der Waals surface area contributed by atoms with Gasteiger partial charge in [0.25, 0.3) is 0 Å². The summed E-state index contributed by atoms with van der Waals surface area (Å²) < 4.78 is 10.9. The number of nitrogen functional groups attached to an aromatic ring is 1. The molecule has 0 fully saturated rings. The highest BCUT2D eigenvalue weighted by Crippen LogP contribution is 2.19. The second kappa shape index (κ2) is 6.39. The molecule has 4 nitrogen and oxygen atoms in total. The predicted octanol–water partition coefficient (Wildman–Crippen LogP) is 3.01. The number of anilines is 1. The molecule has 0 bridgehead atoms. The zero-order valence-electron chi connectivity index (χ0n) is 12.1. The Hall–Kier alpha value is -2.07. The van der Waals surface area contributed by atoms with Crippen LogP contribution in [0.2, 0.25) is 0 Å². The maximum Gasteiger partial charge on any atom is 0.119 e. The minimum Gasteiger partial charge on any atom is -0.497 e. The third-order valence-electron chi connectivity index (χ3n) is 3.32. The molecular weight excluding hydrogens is 252 g/mol. The number of ether oxygens (including phenoxy) is 2. The minimum atomic E-state index is 0.452. The summed E-state index contributed by atoms with van der Waals surface area (Å²) in [6.45, 7) is 4.90. The van der Waals surface area contributed by atoms with Gasteiger partial charge in [0.1, 0.15) is 5.75 Å². The van der Waals surface area contributed by atoms with E-state index in [1.54, 1.807) is 13.3 Å². The summed E-state index contributed by atoms with van der Waals surface area (Å²) in [5, 5.41) is 0. The lowest BCUT2D eigenvalue weighted by atomic mass is 10.1. The molecule has 0 aliphatic heterocycles. The molecule has 1 aromatic heterocycles. The van der Waals surface area contributed by atoms with E-state index < -0.39 is 0 Å². The van der Waals surface area contributed by atoms with Crippen LogP contribution in [-0.4, -0.2) is 12.1 Å². The summed E-state index contributed by atoms with van der Waals surface area (Å²) in [5.74, 6) is 0.833. The third-order valence-corrected chi connectivity index (χ3v) is 3.32. The van der Waals surface area contributed by atoms with Gasteiger partial charge in [0, 0.05) is 11.9 Å². The Morgan fingerprint density at radius 3 is 2.75 bits per heavy atom. The maximum atomic E-state index is 5.99. The smallest absolute Gasteiger partial charge is 0.119 e. The molecule has 0 spiro atoms. The molecule has 0 unspecified atom stereocenters. The maximum absolute atomic E-state index is 5.99. The van der Waals surface area contributed by atoms with Gasteiger partial charge in [0.15, 0.2) is 0 Å². The summed E-state index contributed by atoms with van der Waals surface area (Å²) in [6, 6.07) is 7.83. The summed E-state index contributed by atoms with van der Waals surface area (Å²) >= 11 is 0. The fourth-order valence-corrected chi connectivity index (χ4v) is 1.97. The number of rotatable bonds is 5. The topological polar surface area (TPSA) is 57.4 Å². The van der Waals surface area contributed by atoms with Crippen molar-refractivity contribution in [3.05, 3.63) is 52.8 Å². The normalized spacial score (nSPS) is 10.6. The van der Waals surface area contributed by atoms with Crippen LogP contribution in [0.15, 0.2) is 30.5 Å². The van der Waals surface area contributed by atoms with E-state index in [0.717, 1.165) is 33.8 Å². The number of pyridine rings is 1. The molecule has 2 N–H and O–H groups in total. The van der Waals surface area contributed by atoms with Crippen LogP contribution in [0.3, 0.4) is 0 Å². The van der Waals surface area contributed by atoms with Gasteiger partial charge in [-0.1, -0.05) is 12.1 Å². The summed E-state index contributed by atoms with van der Waals surface area (Å²) in [4.78, 5) is 4.37. The van der Waals surface area contributed by atoms with Crippen molar-refractivity contribution in [3.63, 3.8) is 0 Å². The van der Waals surface area contributed by atoms with Gasteiger partial charge >= 0.3 is 0 Å². The molecule has 1 heterocycles. The molecule has 106 valence electrons. The van der Waals surface area contributed by atoms with E-state index in [1.807, 2.05) is 38.1 Å². The summed E-state index contributed by atoms with van der Waals surface area (Å²) in [5.41, 5.74) is 10.7. The highest BCUT2D eigenvalue weighted by molar-refractivity contribution is 5.53. The lowest BCUT2D eigenvalue weighted by molar-refractivity contribution is 0.104. The molecule has 0 atom stereocenters. The van der Waals surface area contributed by atoms with E-state index >= 15 is 0 Å². The number of nitrogens with zero attached hydrogens (tertiary/aromatic N) is 1. The lowest BCUT2D eigenvalue weighted by Crippen LogP contribution is -2.04. The average Bonchev–Trinajstić information content (AvgIpc) is 2.47. The van der Waals surface area contributed by atoms with Gasteiger partial charge in [0.05, 0.1) is 26.0 Å². The molecule has 0 saturated heterocycles. The Bertz CT molecular complexity index is 597. The summed E-state index contributed by atoms with van der Waals surface area (Å²) in [7, 11) is 1.66. The Morgan fingerprint density at radius 2 is 2.00 bits per heavy atom. The number of hydrogen-bond acceptors (Lipinski definition) is 4. The van der Waals surface area contributed by atoms with Gasteiger partial charge in [0.2, 0.25) is 0 Å². The van der Waals surface area contributed by atoms with Gasteiger partial charge in [-0.2, -0.15) is 0 Å². The third kappa shape index (κ3) is 3.27. The van der Waals surface area contributed by atoms with Crippen LogP contribution in [0.1, 0.15) is 22.4 Å². The molecule has 2 rings (SSSR count). The Balaban J connectivity index is 1.97. The Labute approximate surface area is 119 Å². The number of benzene rings is 1. The van der Waals surface area contributed by atoms with Crippen molar-refractivity contribution in [2.75, 3.05) is 12.8 Å². The Kier molecular flexibility index (Phi) is 4.58. The van der Waals surface area contributed by atoms with Crippen LogP contribution < -0.4 is 10.5 Å². The van der Waals surface area contributed by atoms with Gasteiger partial charge < -0.3 is 15.2 Å². The van der Waals surface area contributed by atoms with Gasteiger partial charge in [-0.05, 0) is 42.7 Å². The monoisotopic (exact) mass is 272 g/mol. The van der Waals surface area contributed by atoms with Crippen molar-refractivity contribution in [3.8, 4) is 5.75 Å². The van der Waals surface area contributed by atoms with Crippen molar-refractivity contribution in [1.29, 1.82) is 0 Å². The molecular formula is C16H20N2O2. The first-order valence-corrected chi connectivity index (χ1v) is 6.53. The summed E-state index contributed by atoms with van der Waals surface area (Å²) in [6.07, 6.45) is 1.78. The van der Waals surface area contributed by atoms with Crippen molar-refractivity contribution >= 4 is 5.69 Å². The number of nitrogens with two attached hydrogens (primary N) is 1.